The Morgan fingerprint density at radius 1 is 1.33 bits per heavy atom. The fraction of sp³-hybridized carbons (Fsp3) is 0.588. The minimum atomic E-state index is -0.445. The molecule has 2 rings (SSSR count). The zero-order valence-corrected chi connectivity index (χ0v) is 13.4. The molecule has 1 aromatic carbocycles. The van der Waals surface area contributed by atoms with Crippen LogP contribution in [0.4, 0.5) is 4.79 Å². The maximum Gasteiger partial charge on any atom is 0.407 e. The molecule has 1 N–H and O–H groups in total. The lowest BCUT2D eigenvalue weighted by atomic mass is 9.91. The van der Waals surface area contributed by atoms with Crippen molar-refractivity contribution >= 4 is 6.09 Å². The number of hydrogen-bond acceptors (Lipinski definition) is 3. The second-order valence-corrected chi connectivity index (χ2v) is 6.87. The van der Waals surface area contributed by atoms with E-state index < -0.39 is 5.60 Å². The largest absolute Gasteiger partial charge is 0.444 e. The predicted molar refractivity (Wildman–Crippen MR) is 84.5 cm³/mol. The highest BCUT2D eigenvalue weighted by molar-refractivity contribution is 5.68. The first-order valence-electron chi connectivity index (χ1n) is 7.60. The molecule has 1 atom stereocenters. The van der Waals surface area contributed by atoms with Gasteiger partial charge >= 0.3 is 6.09 Å². The van der Waals surface area contributed by atoms with Crippen LogP contribution in [0, 0.1) is 0 Å². The van der Waals surface area contributed by atoms with Crippen LogP contribution >= 0.6 is 0 Å². The number of rotatable bonds is 4. The smallest absolute Gasteiger partial charge is 0.407 e. The molecule has 0 aromatic heterocycles. The Bertz CT molecular complexity index is 461. The van der Waals surface area contributed by atoms with Crippen molar-refractivity contribution in [3.8, 4) is 0 Å². The third-order valence-corrected chi connectivity index (χ3v) is 3.52. The van der Waals surface area contributed by atoms with Gasteiger partial charge in [0.1, 0.15) is 5.60 Å². The fourth-order valence-electron chi connectivity index (χ4n) is 2.60. The van der Waals surface area contributed by atoms with Gasteiger partial charge in [0.05, 0.1) is 0 Å². The molecule has 1 aliphatic heterocycles. The van der Waals surface area contributed by atoms with E-state index in [9.17, 15) is 4.79 Å². The van der Waals surface area contributed by atoms with Gasteiger partial charge in [-0.1, -0.05) is 30.3 Å². The van der Waals surface area contributed by atoms with Crippen LogP contribution in [0.3, 0.4) is 0 Å². The van der Waals surface area contributed by atoms with Crippen LogP contribution in [0.2, 0.25) is 0 Å². The summed E-state index contributed by atoms with van der Waals surface area (Å²) in [6.07, 6.45) is -0.338. The number of hydrogen-bond donors (Lipinski definition) is 1. The van der Waals surface area contributed by atoms with Gasteiger partial charge in [0, 0.05) is 31.6 Å². The van der Waals surface area contributed by atoms with Gasteiger partial charge in [0.25, 0.3) is 0 Å². The van der Waals surface area contributed by atoms with Crippen LogP contribution in [-0.2, 0) is 4.74 Å². The van der Waals surface area contributed by atoms with Crippen LogP contribution in [0.15, 0.2) is 30.3 Å². The Hall–Kier alpha value is -1.55. The van der Waals surface area contributed by atoms with Crippen molar-refractivity contribution in [3.63, 3.8) is 0 Å². The second-order valence-electron chi connectivity index (χ2n) is 6.87. The van der Waals surface area contributed by atoms with Crippen molar-refractivity contribution in [3.05, 3.63) is 35.9 Å². The van der Waals surface area contributed by atoms with Gasteiger partial charge < -0.3 is 10.1 Å². The first kappa shape index (κ1) is 15.8. The van der Waals surface area contributed by atoms with E-state index in [4.69, 9.17) is 4.74 Å². The van der Waals surface area contributed by atoms with Gasteiger partial charge in [-0.05, 0) is 33.3 Å². The van der Waals surface area contributed by atoms with Crippen molar-refractivity contribution in [2.75, 3.05) is 19.6 Å². The molecule has 1 aromatic rings. The molecular weight excluding hydrogens is 264 g/mol. The molecule has 4 nitrogen and oxygen atoms in total. The van der Waals surface area contributed by atoms with Crippen molar-refractivity contribution in [2.45, 2.75) is 45.3 Å². The molecule has 0 aliphatic carbocycles. The van der Waals surface area contributed by atoms with Crippen LogP contribution in [0.25, 0.3) is 0 Å². The zero-order chi connectivity index (χ0) is 15.5. The molecule has 21 heavy (non-hydrogen) atoms. The SMILES string of the molecule is C[C@H](CN1CC(c2ccccc2)C1)NC(=O)OC(C)(C)C. The molecule has 0 bridgehead atoms. The highest BCUT2D eigenvalue weighted by atomic mass is 16.6. The molecule has 1 aliphatic rings. The molecule has 1 saturated heterocycles. The Morgan fingerprint density at radius 3 is 2.52 bits per heavy atom. The van der Waals surface area contributed by atoms with E-state index in [-0.39, 0.29) is 12.1 Å². The number of amides is 1. The summed E-state index contributed by atoms with van der Waals surface area (Å²) in [5.74, 6) is 0.625. The summed E-state index contributed by atoms with van der Waals surface area (Å²) in [5.41, 5.74) is 0.959. The molecule has 0 unspecified atom stereocenters. The second kappa shape index (κ2) is 6.48. The highest BCUT2D eigenvalue weighted by Crippen LogP contribution is 2.26. The number of nitrogens with zero attached hydrogens (tertiary/aromatic N) is 1. The van der Waals surface area contributed by atoms with Crippen LogP contribution in [0.5, 0.6) is 0 Å². The van der Waals surface area contributed by atoms with Gasteiger partial charge in [-0.3, -0.25) is 4.90 Å². The molecular formula is C17H26N2O2. The zero-order valence-electron chi connectivity index (χ0n) is 13.4. The summed E-state index contributed by atoms with van der Waals surface area (Å²) in [6.45, 7) is 10.6. The Kier molecular flexibility index (Phi) is 4.88. The van der Waals surface area contributed by atoms with E-state index in [0.717, 1.165) is 19.6 Å². The summed E-state index contributed by atoms with van der Waals surface area (Å²) >= 11 is 0. The highest BCUT2D eigenvalue weighted by Gasteiger charge is 2.29. The summed E-state index contributed by atoms with van der Waals surface area (Å²) < 4.78 is 5.26. The number of nitrogens with one attached hydrogen (secondary N) is 1. The van der Waals surface area contributed by atoms with Gasteiger partial charge in [-0.25, -0.2) is 4.79 Å². The number of alkyl carbamates (subject to hydrolysis) is 1. The van der Waals surface area contributed by atoms with Crippen LogP contribution in [0.1, 0.15) is 39.2 Å². The molecule has 1 fully saturated rings. The molecule has 4 heteroatoms. The van der Waals surface area contributed by atoms with Gasteiger partial charge in [-0.2, -0.15) is 0 Å². The first-order valence-corrected chi connectivity index (χ1v) is 7.60. The molecule has 1 heterocycles. The molecule has 0 spiro atoms. The summed E-state index contributed by atoms with van der Waals surface area (Å²) in [6, 6.07) is 10.7. The standard InChI is InChI=1S/C17H26N2O2/c1-13(18-16(20)21-17(2,3)4)10-19-11-15(12-19)14-8-6-5-7-9-14/h5-9,13,15H,10-12H2,1-4H3,(H,18,20)/t13-/m1/s1. The topological polar surface area (TPSA) is 41.6 Å². The van der Waals surface area contributed by atoms with E-state index in [1.54, 1.807) is 0 Å². The first-order chi connectivity index (χ1) is 9.83. The summed E-state index contributed by atoms with van der Waals surface area (Å²) in [5, 5.41) is 2.89. The lowest BCUT2D eigenvalue weighted by Crippen LogP contribution is -2.51. The van der Waals surface area contributed by atoms with Gasteiger partial charge in [-0.15, -0.1) is 0 Å². The number of carbonyl (C=O) groups is 1. The van der Waals surface area contributed by atoms with Gasteiger partial charge in [0.15, 0.2) is 0 Å². The van der Waals surface area contributed by atoms with E-state index in [1.165, 1.54) is 5.56 Å². The third-order valence-electron chi connectivity index (χ3n) is 3.52. The average molecular weight is 290 g/mol. The van der Waals surface area contributed by atoms with Crippen molar-refractivity contribution in [1.29, 1.82) is 0 Å². The minimum Gasteiger partial charge on any atom is -0.444 e. The van der Waals surface area contributed by atoms with Crippen molar-refractivity contribution in [2.24, 2.45) is 0 Å². The number of carbonyl (C=O) groups excluding carboxylic acids is 1. The van der Waals surface area contributed by atoms with E-state index in [0.29, 0.717) is 5.92 Å². The Balaban J connectivity index is 1.69. The quantitative estimate of drug-likeness (QED) is 0.927. The normalized spacial score (nSPS) is 17.9. The lowest BCUT2D eigenvalue weighted by Gasteiger charge is -2.41. The molecule has 1 amide bonds. The maximum absolute atomic E-state index is 11.7. The van der Waals surface area contributed by atoms with Crippen LogP contribution in [-0.4, -0.2) is 42.3 Å². The Morgan fingerprint density at radius 2 is 1.95 bits per heavy atom. The number of benzene rings is 1. The van der Waals surface area contributed by atoms with E-state index >= 15 is 0 Å². The monoisotopic (exact) mass is 290 g/mol. The molecule has 116 valence electrons. The number of likely N-dealkylation sites (tertiary alicyclic amines) is 1. The van der Waals surface area contributed by atoms with Crippen molar-refractivity contribution in [1.82, 2.24) is 10.2 Å². The van der Waals surface area contributed by atoms with Gasteiger partial charge in [0.2, 0.25) is 0 Å². The minimum absolute atomic E-state index is 0.0940. The third kappa shape index (κ3) is 5.05. The Labute approximate surface area is 127 Å². The average Bonchev–Trinajstić information content (AvgIpc) is 2.31. The maximum atomic E-state index is 11.7. The summed E-state index contributed by atoms with van der Waals surface area (Å²) in [7, 11) is 0. The summed E-state index contributed by atoms with van der Waals surface area (Å²) in [4.78, 5) is 14.1. The molecule has 0 saturated carbocycles. The predicted octanol–water partition coefficient (Wildman–Crippen LogP) is 3.00. The molecule has 0 radical (unpaired) electrons. The van der Waals surface area contributed by atoms with Crippen LogP contribution < -0.4 is 5.32 Å². The van der Waals surface area contributed by atoms with E-state index in [2.05, 4.69) is 34.5 Å². The fourth-order valence-corrected chi connectivity index (χ4v) is 2.60. The van der Waals surface area contributed by atoms with Crippen molar-refractivity contribution < 1.29 is 9.53 Å². The number of ether oxygens (including phenoxy) is 1. The lowest BCUT2D eigenvalue weighted by molar-refractivity contribution is 0.0480. The van der Waals surface area contributed by atoms with E-state index in [1.807, 2.05) is 33.8 Å².